The van der Waals surface area contributed by atoms with Crippen LogP contribution in [0.4, 0.5) is 5.69 Å². The van der Waals surface area contributed by atoms with Gasteiger partial charge in [-0.3, -0.25) is 9.78 Å². The fourth-order valence-electron chi connectivity index (χ4n) is 4.04. The standard InChI is InChI=1S/C26H25Cl3N4O3S/c27-26(28,29)24(31-22(35)12-9-18-7-10-20(11-8-18)36-17-16-34)33-15-3-14-32(25(33)37)21-6-1-4-19-5-2-13-30-23(19)21/h1-2,4-13,24,34H,3,14-17H2,(H,31,35)/b12-9+. The molecule has 0 radical (unpaired) electrons. The Bertz CT molecular complexity index is 1280. The molecule has 2 heterocycles. The van der Waals surface area contributed by atoms with E-state index in [1.807, 2.05) is 35.2 Å². The third-order valence-corrected chi connectivity index (χ3v) is 6.80. The molecule has 0 saturated carbocycles. The van der Waals surface area contributed by atoms with Crippen molar-refractivity contribution in [2.75, 3.05) is 31.2 Å². The number of hydrogen-bond acceptors (Lipinski definition) is 5. The predicted molar refractivity (Wildman–Crippen MR) is 153 cm³/mol. The van der Waals surface area contributed by atoms with Gasteiger partial charge in [0.25, 0.3) is 0 Å². The molecule has 7 nitrogen and oxygen atoms in total. The molecule has 0 bridgehead atoms. The minimum atomic E-state index is -1.85. The van der Waals surface area contributed by atoms with Crippen LogP contribution in [0.2, 0.25) is 0 Å². The Morgan fingerprint density at radius 1 is 1.16 bits per heavy atom. The number of rotatable bonds is 8. The van der Waals surface area contributed by atoms with Crippen molar-refractivity contribution in [1.29, 1.82) is 0 Å². The van der Waals surface area contributed by atoms with E-state index in [1.54, 1.807) is 41.4 Å². The fourth-order valence-corrected chi connectivity index (χ4v) is 4.95. The molecule has 1 aliphatic rings. The van der Waals surface area contributed by atoms with Gasteiger partial charge in [0.15, 0.2) is 11.3 Å². The Kier molecular flexibility index (Phi) is 9.10. The van der Waals surface area contributed by atoms with E-state index < -0.39 is 15.9 Å². The number of aromatic nitrogens is 1. The molecule has 1 saturated heterocycles. The van der Waals surface area contributed by atoms with E-state index in [-0.39, 0.29) is 13.2 Å². The lowest BCUT2D eigenvalue weighted by molar-refractivity contribution is -0.117. The first-order chi connectivity index (χ1) is 17.8. The van der Waals surface area contributed by atoms with Gasteiger partial charge < -0.3 is 25.0 Å². The number of nitrogens with zero attached hydrogens (tertiary/aromatic N) is 3. The lowest BCUT2D eigenvalue weighted by Crippen LogP contribution is -2.62. The van der Waals surface area contributed by atoms with Crippen LogP contribution in [0, 0.1) is 0 Å². The van der Waals surface area contributed by atoms with Crippen LogP contribution in [-0.4, -0.2) is 62.3 Å². The molecule has 1 atom stereocenters. The van der Waals surface area contributed by atoms with Gasteiger partial charge in [0, 0.05) is 30.7 Å². The summed E-state index contributed by atoms with van der Waals surface area (Å²) >= 11 is 24.8. The van der Waals surface area contributed by atoms with Crippen molar-refractivity contribution in [3.05, 3.63) is 72.4 Å². The summed E-state index contributed by atoms with van der Waals surface area (Å²) in [6.45, 7) is 1.32. The molecule has 0 spiro atoms. The second-order valence-corrected chi connectivity index (χ2v) is 11.0. The second kappa shape index (κ2) is 12.3. The molecule has 1 aromatic heterocycles. The number of aliphatic hydroxyl groups is 1. The number of fused-ring (bicyclic) bond motifs is 1. The minimum Gasteiger partial charge on any atom is -0.491 e. The Hall–Kier alpha value is -2.62. The molecule has 1 aliphatic heterocycles. The average Bonchev–Trinajstić information content (AvgIpc) is 2.89. The molecular weight excluding hydrogens is 555 g/mol. The van der Waals surface area contributed by atoms with Crippen molar-refractivity contribution >= 4 is 80.7 Å². The number of anilines is 1. The van der Waals surface area contributed by atoms with Crippen molar-refractivity contribution in [2.24, 2.45) is 0 Å². The van der Waals surface area contributed by atoms with Crippen molar-refractivity contribution in [1.82, 2.24) is 15.2 Å². The number of benzene rings is 2. The summed E-state index contributed by atoms with van der Waals surface area (Å²) in [5.41, 5.74) is 2.45. The number of thiocarbonyl (C=S) groups is 1. The van der Waals surface area contributed by atoms with Crippen LogP contribution < -0.4 is 15.0 Å². The molecule has 1 fully saturated rings. The Morgan fingerprint density at radius 2 is 1.92 bits per heavy atom. The number of aliphatic hydroxyl groups excluding tert-OH is 1. The van der Waals surface area contributed by atoms with Gasteiger partial charge in [-0.05, 0) is 54.5 Å². The van der Waals surface area contributed by atoms with E-state index in [1.165, 1.54) is 6.08 Å². The molecule has 1 amide bonds. The third-order valence-electron chi connectivity index (χ3n) is 5.73. The zero-order valence-electron chi connectivity index (χ0n) is 19.7. The van der Waals surface area contributed by atoms with E-state index in [0.29, 0.717) is 24.0 Å². The van der Waals surface area contributed by atoms with E-state index in [4.69, 9.17) is 56.9 Å². The zero-order valence-corrected chi connectivity index (χ0v) is 22.8. The number of ether oxygens (including phenoxy) is 1. The van der Waals surface area contributed by atoms with Crippen LogP contribution in [0.5, 0.6) is 5.75 Å². The van der Waals surface area contributed by atoms with Crippen LogP contribution in [0.3, 0.4) is 0 Å². The molecule has 0 aliphatic carbocycles. The van der Waals surface area contributed by atoms with Gasteiger partial charge in [-0.1, -0.05) is 65.1 Å². The lowest BCUT2D eigenvalue weighted by Gasteiger charge is -2.44. The number of amides is 1. The summed E-state index contributed by atoms with van der Waals surface area (Å²) in [6, 6.07) is 16.8. The molecule has 11 heteroatoms. The SMILES string of the molecule is O=C(/C=C/c1ccc(OCCO)cc1)NC(N1CCCN(c2cccc3cccnc23)C1=S)C(Cl)(Cl)Cl. The van der Waals surface area contributed by atoms with Crippen molar-refractivity contribution in [2.45, 2.75) is 16.4 Å². The predicted octanol–water partition coefficient (Wildman–Crippen LogP) is 4.93. The Balaban J connectivity index is 1.50. The van der Waals surface area contributed by atoms with Gasteiger partial charge in [0.2, 0.25) is 9.70 Å². The van der Waals surface area contributed by atoms with E-state index in [9.17, 15) is 4.79 Å². The fraction of sp³-hybridized carbons (Fsp3) is 0.269. The monoisotopic (exact) mass is 578 g/mol. The number of alkyl halides is 3. The number of halogens is 3. The first-order valence-corrected chi connectivity index (χ1v) is 13.1. The van der Waals surface area contributed by atoms with Gasteiger partial charge in [-0.25, -0.2) is 0 Å². The number of carbonyl (C=O) groups is 1. The maximum Gasteiger partial charge on any atom is 0.245 e. The number of para-hydroxylation sites is 1. The highest BCUT2D eigenvalue weighted by molar-refractivity contribution is 7.80. The van der Waals surface area contributed by atoms with E-state index in [0.717, 1.165) is 28.6 Å². The first kappa shape index (κ1) is 27.4. The van der Waals surface area contributed by atoms with Gasteiger partial charge in [-0.15, -0.1) is 0 Å². The molecule has 2 N–H and O–H groups in total. The summed E-state index contributed by atoms with van der Waals surface area (Å²) in [5.74, 6) is 0.181. The van der Waals surface area contributed by atoms with Crippen LogP contribution in [-0.2, 0) is 4.79 Å². The molecule has 37 heavy (non-hydrogen) atoms. The molecule has 3 aromatic rings. The Morgan fingerprint density at radius 3 is 2.65 bits per heavy atom. The molecular formula is C26H25Cl3N4O3S. The average molecular weight is 580 g/mol. The largest absolute Gasteiger partial charge is 0.491 e. The zero-order chi connectivity index (χ0) is 26.4. The smallest absolute Gasteiger partial charge is 0.245 e. The van der Waals surface area contributed by atoms with Crippen molar-refractivity contribution in [3.63, 3.8) is 0 Å². The summed E-state index contributed by atoms with van der Waals surface area (Å²) in [6.07, 6.45) is 4.48. The highest BCUT2D eigenvalue weighted by atomic mass is 35.6. The lowest BCUT2D eigenvalue weighted by atomic mass is 10.1. The van der Waals surface area contributed by atoms with E-state index >= 15 is 0 Å². The Labute approximate surface area is 235 Å². The minimum absolute atomic E-state index is 0.0662. The highest BCUT2D eigenvalue weighted by Gasteiger charge is 2.42. The van der Waals surface area contributed by atoms with Gasteiger partial charge >= 0.3 is 0 Å². The molecule has 1 unspecified atom stereocenters. The van der Waals surface area contributed by atoms with Crippen LogP contribution >= 0.6 is 47.0 Å². The molecule has 2 aromatic carbocycles. The summed E-state index contributed by atoms with van der Waals surface area (Å²) in [4.78, 5) is 21.1. The van der Waals surface area contributed by atoms with Crippen LogP contribution in [0.25, 0.3) is 17.0 Å². The van der Waals surface area contributed by atoms with Crippen LogP contribution in [0.15, 0.2) is 66.9 Å². The second-order valence-electron chi connectivity index (χ2n) is 8.26. The maximum absolute atomic E-state index is 12.8. The third kappa shape index (κ3) is 6.83. The maximum atomic E-state index is 12.8. The summed E-state index contributed by atoms with van der Waals surface area (Å²) in [5, 5.41) is 13.1. The number of carbonyl (C=O) groups excluding carboxylic acids is 1. The summed E-state index contributed by atoms with van der Waals surface area (Å²) < 4.78 is 3.50. The summed E-state index contributed by atoms with van der Waals surface area (Å²) in [7, 11) is 0. The van der Waals surface area contributed by atoms with Gasteiger partial charge in [0.1, 0.15) is 12.4 Å². The highest BCUT2D eigenvalue weighted by Crippen LogP contribution is 2.35. The quantitative estimate of drug-likeness (QED) is 0.223. The molecule has 4 rings (SSSR count). The van der Waals surface area contributed by atoms with Gasteiger partial charge in [-0.2, -0.15) is 0 Å². The first-order valence-electron chi connectivity index (χ1n) is 11.6. The normalized spacial score (nSPS) is 15.3. The van der Waals surface area contributed by atoms with Crippen LogP contribution in [0.1, 0.15) is 12.0 Å². The van der Waals surface area contributed by atoms with Crippen molar-refractivity contribution < 1.29 is 14.6 Å². The number of hydrogen-bond donors (Lipinski definition) is 2. The van der Waals surface area contributed by atoms with Crippen molar-refractivity contribution in [3.8, 4) is 5.75 Å². The van der Waals surface area contributed by atoms with Gasteiger partial charge in [0.05, 0.1) is 17.8 Å². The number of pyridine rings is 1. The topological polar surface area (TPSA) is 77.9 Å². The number of nitrogens with one attached hydrogen (secondary N) is 1. The van der Waals surface area contributed by atoms with E-state index in [2.05, 4.69) is 10.3 Å². The molecule has 194 valence electrons.